The topological polar surface area (TPSA) is 92.0 Å². The minimum absolute atomic E-state index is 0.0421. The van der Waals surface area contributed by atoms with Crippen LogP contribution in [0.3, 0.4) is 0 Å². The van der Waals surface area contributed by atoms with E-state index in [0.717, 1.165) is 5.56 Å². The monoisotopic (exact) mass is 229 g/mol. The van der Waals surface area contributed by atoms with Crippen LogP contribution in [0.5, 0.6) is 0 Å². The number of carboxylic acid groups (broad SMARTS) is 1. The minimum Gasteiger partial charge on any atom is -0.477 e. The van der Waals surface area contributed by atoms with E-state index in [4.69, 9.17) is 9.52 Å². The molecule has 6 heteroatoms. The van der Waals surface area contributed by atoms with Crippen molar-refractivity contribution in [2.75, 3.05) is 0 Å². The van der Waals surface area contributed by atoms with Gasteiger partial charge < -0.3 is 9.52 Å². The highest BCUT2D eigenvalue weighted by molar-refractivity contribution is 5.92. The van der Waals surface area contributed by atoms with Gasteiger partial charge in [0.15, 0.2) is 12.0 Å². The van der Waals surface area contributed by atoms with Gasteiger partial charge >= 0.3 is 5.97 Å². The summed E-state index contributed by atoms with van der Waals surface area (Å²) in [4.78, 5) is 14.8. The average molecular weight is 229 g/mol. The van der Waals surface area contributed by atoms with Crippen LogP contribution < -0.4 is 0 Å². The fraction of sp³-hybridized carbons (Fsp3) is 0. The van der Waals surface area contributed by atoms with Crippen LogP contribution in [0.15, 0.2) is 35.1 Å². The van der Waals surface area contributed by atoms with Crippen molar-refractivity contribution in [3.05, 3.63) is 36.4 Å². The zero-order valence-corrected chi connectivity index (χ0v) is 8.54. The quantitative estimate of drug-likeness (QED) is 0.700. The van der Waals surface area contributed by atoms with Crippen molar-refractivity contribution >= 4 is 17.1 Å². The van der Waals surface area contributed by atoms with E-state index in [2.05, 4.69) is 15.2 Å². The van der Waals surface area contributed by atoms with E-state index >= 15 is 0 Å². The van der Waals surface area contributed by atoms with Gasteiger partial charge in [0.05, 0.1) is 5.69 Å². The van der Waals surface area contributed by atoms with Crippen LogP contribution in [0, 0.1) is 0 Å². The highest BCUT2D eigenvalue weighted by Crippen LogP contribution is 2.26. The molecule has 0 aliphatic heterocycles. The molecule has 2 N–H and O–H groups in total. The zero-order chi connectivity index (χ0) is 11.8. The normalized spacial score (nSPS) is 10.8. The van der Waals surface area contributed by atoms with Crippen LogP contribution in [0.25, 0.3) is 22.4 Å². The Morgan fingerprint density at radius 2 is 2.29 bits per heavy atom. The lowest BCUT2D eigenvalue weighted by molar-refractivity contribution is 0.0690. The summed E-state index contributed by atoms with van der Waals surface area (Å²) in [5, 5.41) is 15.2. The number of fused-ring (bicyclic) bond motifs is 1. The van der Waals surface area contributed by atoms with Crippen LogP contribution in [0.4, 0.5) is 0 Å². The fourth-order valence-corrected chi connectivity index (χ4v) is 1.66. The van der Waals surface area contributed by atoms with Gasteiger partial charge in [-0.1, -0.05) is 12.1 Å². The van der Waals surface area contributed by atoms with Crippen LogP contribution in [0.1, 0.15) is 10.5 Å². The lowest BCUT2D eigenvalue weighted by Crippen LogP contribution is -1.95. The van der Waals surface area contributed by atoms with Crippen molar-refractivity contribution in [2.45, 2.75) is 0 Å². The number of rotatable bonds is 2. The number of benzene rings is 1. The van der Waals surface area contributed by atoms with E-state index < -0.39 is 5.97 Å². The number of nitrogens with one attached hydrogen (secondary N) is 1. The number of aromatic carboxylic acids is 1. The summed E-state index contributed by atoms with van der Waals surface area (Å²) in [7, 11) is 0. The molecular weight excluding hydrogens is 222 g/mol. The smallest absolute Gasteiger partial charge is 0.353 e. The first kappa shape index (κ1) is 9.59. The van der Waals surface area contributed by atoms with Crippen LogP contribution >= 0.6 is 0 Å². The predicted molar refractivity (Wildman–Crippen MR) is 58.6 cm³/mol. The summed E-state index contributed by atoms with van der Waals surface area (Å²) in [5.41, 5.74) is 2.61. The van der Waals surface area contributed by atoms with E-state index in [1.165, 1.54) is 12.5 Å². The fourth-order valence-electron chi connectivity index (χ4n) is 1.66. The summed E-state index contributed by atoms with van der Waals surface area (Å²) in [6.07, 6.45) is 1.35. The number of hydrogen-bond donors (Lipinski definition) is 2. The molecule has 0 bridgehead atoms. The van der Waals surface area contributed by atoms with Crippen molar-refractivity contribution in [3.8, 4) is 11.3 Å². The molecule has 0 aliphatic carbocycles. The van der Waals surface area contributed by atoms with E-state index in [-0.39, 0.29) is 5.69 Å². The van der Waals surface area contributed by atoms with Gasteiger partial charge in [-0.25, -0.2) is 9.78 Å². The van der Waals surface area contributed by atoms with Crippen LogP contribution in [-0.2, 0) is 0 Å². The molecule has 0 atom stereocenters. The third kappa shape index (κ3) is 1.46. The molecule has 0 saturated heterocycles. The summed E-state index contributed by atoms with van der Waals surface area (Å²) in [6, 6.07) is 6.87. The van der Waals surface area contributed by atoms with Gasteiger partial charge in [0.25, 0.3) is 0 Å². The molecule has 3 aromatic rings. The van der Waals surface area contributed by atoms with Gasteiger partial charge in [-0.15, -0.1) is 0 Å². The maximum Gasteiger partial charge on any atom is 0.353 e. The lowest BCUT2D eigenvalue weighted by atomic mass is 10.1. The summed E-state index contributed by atoms with van der Waals surface area (Å²) < 4.78 is 5.17. The predicted octanol–water partition coefficient (Wildman–Crippen LogP) is 1.92. The summed E-state index contributed by atoms with van der Waals surface area (Å²) in [5.74, 6) is -1.05. The Hall–Kier alpha value is -2.63. The van der Waals surface area contributed by atoms with E-state index in [1.54, 1.807) is 12.1 Å². The van der Waals surface area contributed by atoms with Crippen molar-refractivity contribution in [2.24, 2.45) is 0 Å². The Balaban J connectivity index is 2.19. The number of nitrogens with zero attached hydrogens (tertiary/aromatic N) is 2. The molecule has 0 unspecified atom stereocenters. The van der Waals surface area contributed by atoms with Gasteiger partial charge in [-0.2, -0.15) is 5.10 Å². The molecule has 3 rings (SSSR count). The minimum atomic E-state index is -1.05. The first-order chi connectivity index (χ1) is 8.25. The first-order valence-electron chi connectivity index (χ1n) is 4.87. The number of carboxylic acids is 1. The number of para-hydroxylation sites is 1. The van der Waals surface area contributed by atoms with Crippen molar-refractivity contribution < 1.29 is 14.3 Å². The SMILES string of the molecule is O=C(O)c1cc(-c2cccc3ocnc23)n[nH]1. The van der Waals surface area contributed by atoms with Crippen molar-refractivity contribution in [3.63, 3.8) is 0 Å². The highest BCUT2D eigenvalue weighted by atomic mass is 16.4. The first-order valence-corrected chi connectivity index (χ1v) is 4.87. The van der Waals surface area contributed by atoms with Gasteiger partial charge in [0.2, 0.25) is 0 Å². The Morgan fingerprint density at radius 1 is 1.41 bits per heavy atom. The van der Waals surface area contributed by atoms with E-state index in [1.807, 2.05) is 6.07 Å². The standard InChI is InChI=1S/C11H7N3O3/c15-11(16)8-4-7(13-14-8)6-2-1-3-9-10(6)12-5-17-9/h1-5H,(H,13,14)(H,15,16). The molecule has 84 valence electrons. The number of aromatic nitrogens is 3. The molecule has 2 aromatic heterocycles. The van der Waals surface area contributed by atoms with Crippen LogP contribution in [0.2, 0.25) is 0 Å². The second-order valence-corrected chi connectivity index (χ2v) is 3.48. The Labute approximate surface area is 94.9 Å². The number of carbonyl (C=O) groups is 1. The molecule has 1 aromatic carbocycles. The number of H-pyrrole nitrogens is 1. The average Bonchev–Trinajstić information content (AvgIpc) is 2.97. The second-order valence-electron chi connectivity index (χ2n) is 3.48. The van der Waals surface area contributed by atoms with E-state index in [9.17, 15) is 4.79 Å². The lowest BCUT2D eigenvalue weighted by Gasteiger charge is -1.95. The zero-order valence-electron chi connectivity index (χ0n) is 8.54. The molecule has 0 aliphatic rings. The van der Waals surface area contributed by atoms with Gasteiger partial charge in [0, 0.05) is 5.56 Å². The maximum absolute atomic E-state index is 10.8. The summed E-state index contributed by atoms with van der Waals surface area (Å²) >= 11 is 0. The third-order valence-corrected chi connectivity index (χ3v) is 2.44. The van der Waals surface area contributed by atoms with Crippen molar-refractivity contribution in [1.29, 1.82) is 0 Å². The number of aromatic amines is 1. The third-order valence-electron chi connectivity index (χ3n) is 2.44. The molecule has 0 amide bonds. The van der Waals surface area contributed by atoms with Crippen molar-refractivity contribution in [1.82, 2.24) is 15.2 Å². The highest BCUT2D eigenvalue weighted by Gasteiger charge is 2.13. The molecule has 0 spiro atoms. The molecule has 0 fully saturated rings. The van der Waals surface area contributed by atoms with E-state index in [0.29, 0.717) is 16.8 Å². The summed E-state index contributed by atoms with van der Waals surface area (Å²) in [6.45, 7) is 0. The molecule has 0 saturated carbocycles. The molecular formula is C11H7N3O3. The number of hydrogen-bond acceptors (Lipinski definition) is 4. The van der Waals surface area contributed by atoms with Crippen LogP contribution in [-0.4, -0.2) is 26.3 Å². The second kappa shape index (κ2) is 3.44. The largest absolute Gasteiger partial charge is 0.477 e. The van der Waals surface area contributed by atoms with Gasteiger partial charge in [-0.3, -0.25) is 5.10 Å². The Morgan fingerprint density at radius 3 is 3.06 bits per heavy atom. The number of oxazole rings is 1. The van der Waals surface area contributed by atoms with Gasteiger partial charge in [0.1, 0.15) is 11.2 Å². The molecule has 6 nitrogen and oxygen atoms in total. The maximum atomic E-state index is 10.8. The Kier molecular flexibility index (Phi) is 1.94. The Bertz CT molecular complexity index is 699. The molecule has 2 heterocycles. The molecule has 17 heavy (non-hydrogen) atoms. The van der Waals surface area contributed by atoms with Gasteiger partial charge in [-0.05, 0) is 12.1 Å². The molecule has 0 radical (unpaired) electrons.